The molecule has 0 aromatic carbocycles. The number of rotatable bonds is 22. The van der Waals surface area contributed by atoms with Crippen LogP contribution >= 0.6 is 0 Å². The summed E-state index contributed by atoms with van der Waals surface area (Å²) in [6, 6.07) is 12.9. The third-order valence-electron chi connectivity index (χ3n) is 12.0. The number of likely N-dealkylation sites (N-methyl/N-ethyl adjacent to an activating group) is 2. The molecular weight excluding hydrogens is 1010 g/mol. The number of aliphatic carboxylic acids is 1. The highest BCUT2D eigenvalue weighted by Gasteiger charge is 2.23. The highest BCUT2D eigenvalue weighted by atomic mass is 16.5. The first kappa shape index (κ1) is 62.7. The Bertz CT molecular complexity index is 3220. The van der Waals surface area contributed by atoms with Crippen molar-refractivity contribution in [3.8, 4) is 0 Å². The van der Waals surface area contributed by atoms with Crippen LogP contribution in [0, 0.1) is 11.8 Å². The number of methoxy groups -OCH3 is 2. The van der Waals surface area contributed by atoms with E-state index in [0.29, 0.717) is 43.3 Å². The van der Waals surface area contributed by atoms with Gasteiger partial charge in [0.1, 0.15) is 6.04 Å². The van der Waals surface area contributed by atoms with Crippen molar-refractivity contribution in [2.75, 3.05) is 48.1 Å². The quantitative estimate of drug-likeness (QED) is 0.0425. The molecule has 0 aliphatic rings. The van der Waals surface area contributed by atoms with Crippen LogP contribution in [0.4, 0.5) is 15.3 Å². The Hall–Kier alpha value is -8.82. The number of aromatic amines is 2. The van der Waals surface area contributed by atoms with Gasteiger partial charge in [-0.05, 0) is 105 Å². The Morgan fingerprint density at radius 1 is 0.684 bits per heavy atom. The van der Waals surface area contributed by atoms with Gasteiger partial charge in [0.15, 0.2) is 5.78 Å². The van der Waals surface area contributed by atoms with E-state index < -0.39 is 30.2 Å². The topological polar surface area (TPSA) is 299 Å². The van der Waals surface area contributed by atoms with E-state index in [2.05, 4.69) is 73.8 Å². The van der Waals surface area contributed by atoms with Gasteiger partial charge < -0.3 is 59.8 Å². The van der Waals surface area contributed by atoms with Gasteiger partial charge in [0.05, 0.1) is 61.5 Å². The van der Waals surface area contributed by atoms with E-state index in [1.165, 1.54) is 29.1 Å². The average molecular weight is 1090 g/mol. The number of hydrogen-bond acceptors (Lipinski definition) is 13. The lowest BCUT2D eigenvalue weighted by molar-refractivity contribution is -0.139. The summed E-state index contributed by atoms with van der Waals surface area (Å²) in [4.78, 5) is 114. The summed E-state index contributed by atoms with van der Waals surface area (Å²) >= 11 is 0. The number of pyridine rings is 4. The van der Waals surface area contributed by atoms with E-state index in [1.54, 1.807) is 92.3 Å². The van der Waals surface area contributed by atoms with Gasteiger partial charge >= 0.3 is 18.2 Å². The Kier molecular flexibility index (Phi) is 24.5. The number of nitrogen functional groups attached to an aromatic ring is 1. The highest BCUT2D eigenvalue weighted by molar-refractivity contribution is 5.90. The second kappa shape index (κ2) is 30.8. The molecule has 424 valence electrons. The molecule has 0 aliphatic carbocycles. The van der Waals surface area contributed by atoms with Gasteiger partial charge in [-0.25, -0.2) is 14.4 Å². The number of carbonyl (C=O) groups excluding carboxylic acids is 5. The lowest BCUT2D eigenvalue weighted by atomic mass is 10.0. The van der Waals surface area contributed by atoms with Crippen LogP contribution in [0.2, 0.25) is 0 Å². The molecule has 0 fully saturated rings. The third-order valence-corrected chi connectivity index (χ3v) is 12.0. The Morgan fingerprint density at radius 2 is 1.13 bits per heavy atom. The van der Waals surface area contributed by atoms with Gasteiger partial charge in [-0.3, -0.25) is 33.9 Å². The Labute approximate surface area is 459 Å². The van der Waals surface area contributed by atoms with Crippen molar-refractivity contribution in [3.05, 3.63) is 147 Å². The molecule has 0 saturated heterocycles. The van der Waals surface area contributed by atoms with Crippen LogP contribution in [0.1, 0.15) is 81.7 Å². The van der Waals surface area contributed by atoms with Crippen molar-refractivity contribution in [1.29, 1.82) is 0 Å². The summed E-state index contributed by atoms with van der Waals surface area (Å²) < 4.78 is 12.1. The van der Waals surface area contributed by atoms with Crippen molar-refractivity contribution in [2.45, 2.75) is 97.8 Å². The predicted molar refractivity (Wildman–Crippen MR) is 302 cm³/mol. The molecule has 0 saturated carbocycles. The summed E-state index contributed by atoms with van der Waals surface area (Å²) in [5.74, 6) is -0.818. The zero-order valence-electron chi connectivity index (χ0n) is 46.7. The monoisotopic (exact) mass is 1090 g/mol. The van der Waals surface area contributed by atoms with Crippen molar-refractivity contribution in [1.82, 2.24) is 49.5 Å². The van der Waals surface area contributed by atoms with Crippen LogP contribution in [0.15, 0.2) is 107 Å². The number of hydrogen-bond donors (Lipinski definition) is 6. The minimum Gasteiger partial charge on any atom is -0.480 e. The highest BCUT2D eigenvalue weighted by Crippen LogP contribution is 2.22. The number of aromatic nitrogens is 6. The molecule has 7 N–H and O–H groups in total. The molecule has 22 heteroatoms. The van der Waals surface area contributed by atoms with Crippen LogP contribution in [0.5, 0.6) is 0 Å². The summed E-state index contributed by atoms with van der Waals surface area (Å²) in [7, 11) is 8.89. The SMILES string of the molecule is CC(C)Cc1nccc2cc(Cn3cccc(N)c3=O)[nH]c12.COC(=O)N[C@@H](CC/C=C/C(=O)N(C)C)C(=O)Cc1cccn(Cc2cc3ccnc(CC(C)C)c3[nH]2)c1=O.COC(=O)N[C@@H](CC/C=C/C(=O)N(C)C)C(=O)O. The fourth-order valence-electron chi connectivity index (χ4n) is 7.96. The number of carbonyl (C=O) groups is 6. The largest absolute Gasteiger partial charge is 0.480 e. The number of carboxylic acids is 1. The molecular formula is C57H75N11O11. The smallest absolute Gasteiger partial charge is 0.407 e. The van der Waals surface area contributed by atoms with Gasteiger partial charge in [-0.1, -0.05) is 45.9 Å². The van der Waals surface area contributed by atoms with Crippen molar-refractivity contribution in [3.63, 3.8) is 0 Å². The molecule has 0 radical (unpaired) electrons. The van der Waals surface area contributed by atoms with Crippen LogP contribution < -0.4 is 27.5 Å². The minimum atomic E-state index is -1.15. The molecule has 0 unspecified atom stereocenters. The molecule has 22 nitrogen and oxygen atoms in total. The number of H-pyrrole nitrogens is 2. The van der Waals surface area contributed by atoms with Crippen LogP contribution in [-0.2, 0) is 61.0 Å². The summed E-state index contributed by atoms with van der Waals surface area (Å²) in [5.41, 5.74) is 11.7. The zero-order chi connectivity index (χ0) is 58.3. The molecule has 0 spiro atoms. The predicted octanol–water partition coefficient (Wildman–Crippen LogP) is 6.01. The molecule has 4 amide bonds. The number of alkyl carbamates (subject to hydrolysis) is 2. The maximum absolute atomic E-state index is 13.3. The van der Waals surface area contributed by atoms with Crippen LogP contribution in [0.25, 0.3) is 21.8 Å². The average Bonchev–Trinajstić information content (AvgIpc) is 4.04. The Balaban J connectivity index is 0.000000283. The number of nitrogens with two attached hydrogens (primary N) is 1. The van der Waals surface area contributed by atoms with E-state index >= 15 is 0 Å². The molecule has 6 heterocycles. The van der Waals surface area contributed by atoms with Crippen molar-refractivity contribution < 1.29 is 43.3 Å². The van der Waals surface area contributed by atoms with Gasteiger partial charge in [-0.15, -0.1) is 0 Å². The number of ketones is 1. The number of Topliss-reactive ketones (excluding diaryl/α,β-unsaturated/α-hetero) is 1. The molecule has 6 aromatic rings. The van der Waals surface area contributed by atoms with Crippen LogP contribution in [-0.4, -0.2) is 134 Å². The summed E-state index contributed by atoms with van der Waals surface area (Å²) in [5, 5.41) is 15.7. The Morgan fingerprint density at radius 3 is 1.57 bits per heavy atom. The molecule has 6 rings (SSSR count). The van der Waals surface area contributed by atoms with E-state index in [9.17, 15) is 38.4 Å². The summed E-state index contributed by atoms with van der Waals surface area (Å²) in [6.45, 7) is 9.42. The number of anilines is 1. The minimum absolute atomic E-state index is 0.149. The van der Waals surface area contributed by atoms with E-state index in [1.807, 2.05) is 24.4 Å². The molecule has 2 atom stereocenters. The van der Waals surface area contributed by atoms with E-state index in [4.69, 9.17) is 10.8 Å². The number of nitrogens with zero attached hydrogens (tertiary/aromatic N) is 6. The van der Waals surface area contributed by atoms with Crippen molar-refractivity contribution >= 4 is 63.2 Å². The first-order valence-corrected chi connectivity index (χ1v) is 25.8. The third kappa shape index (κ3) is 19.9. The number of ether oxygens (including phenoxy) is 2. The number of amides is 4. The van der Waals surface area contributed by atoms with Gasteiger partial charge in [-0.2, -0.15) is 0 Å². The summed E-state index contributed by atoms with van der Waals surface area (Å²) in [6.07, 6.45) is 14.3. The molecule has 79 heavy (non-hydrogen) atoms. The number of carboxylic acid groups (broad SMARTS) is 1. The maximum atomic E-state index is 13.3. The van der Waals surface area contributed by atoms with Gasteiger partial charge in [0.2, 0.25) is 11.8 Å². The van der Waals surface area contributed by atoms with Gasteiger partial charge in [0.25, 0.3) is 11.1 Å². The van der Waals surface area contributed by atoms with E-state index in [0.717, 1.165) is 64.5 Å². The standard InChI is InChI=1S/C29H37N5O5.C17H20N4O.C11H18N2O5/c1-19(2)15-24-27-20(12-13-30-24)16-22(31-27)18-34-14-8-9-21(28(34)37)17-25(35)23(32-29(38)39-5)10-6-7-11-26(36)33(3)4;1-11(2)8-15-16-12(5-6-19-15)9-13(20-16)10-21-7-3-4-14(18)17(21)22;1-13(2)9(14)7-5-4-6-8(10(15)16)12-11(17)18-3/h7-9,11-14,16,19,23,31H,6,10,15,17-18H2,1-5H3,(H,32,38);3-7,9,11,20H,8,10,18H2,1-2H3;5,7-8H,4,6H2,1-3H3,(H,12,17)(H,15,16)/b11-7+;;7-5+/t23-;;8-/m0.0/s1. The lowest BCUT2D eigenvalue weighted by Gasteiger charge is -2.16. The van der Waals surface area contributed by atoms with E-state index in [-0.39, 0.29) is 53.7 Å². The number of allylic oxidation sites excluding steroid dienone is 2. The lowest BCUT2D eigenvalue weighted by Crippen LogP contribution is -2.42. The van der Waals surface area contributed by atoms with Crippen molar-refractivity contribution in [2.24, 2.45) is 11.8 Å². The second-order valence-electron chi connectivity index (χ2n) is 19.9. The zero-order valence-corrected chi connectivity index (χ0v) is 46.7. The molecule has 0 aliphatic heterocycles. The normalized spacial score (nSPS) is 11.9. The molecule has 0 bridgehead atoms. The fraction of sp³-hybridized carbons (Fsp3) is 0.404. The second-order valence-corrected chi connectivity index (χ2v) is 19.9. The van der Waals surface area contributed by atoms with Crippen LogP contribution in [0.3, 0.4) is 0 Å². The first-order valence-electron chi connectivity index (χ1n) is 25.8. The van der Waals surface area contributed by atoms with Gasteiger partial charge in [0, 0.05) is 87.1 Å². The number of nitrogens with one attached hydrogen (secondary N) is 4. The molecule has 6 aromatic heterocycles. The fourth-order valence-corrected chi connectivity index (χ4v) is 7.96. The maximum Gasteiger partial charge on any atom is 0.407 e. The first-order chi connectivity index (χ1) is 37.5. The number of fused-ring (bicyclic) bond motifs is 2.